The first-order valence-electron chi connectivity index (χ1n) is 19.4. The summed E-state index contributed by atoms with van der Waals surface area (Å²) in [5.41, 5.74) is -1.16. The highest BCUT2D eigenvalue weighted by Crippen LogP contribution is 2.55. The number of pyridine rings is 2. The highest BCUT2D eigenvalue weighted by atomic mass is 19.2. The molecule has 0 bridgehead atoms. The maximum Gasteiger partial charge on any atom is 0.170 e. The minimum absolute atomic E-state index is 0.0450. The third-order valence-corrected chi connectivity index (χ3v) is 11.4. The number of aromatic nitrogens is 4. The molecule has 2 saturated carbocycles. The van der Waals surface area contributed by atoms with E-state index in [4.69, 9.17) is 9.47 Å². The van der Waals surface area contributed by atoms with Gasteiger partial charge >= 0.3 is 0 Å². The second kappa shape index (κ2) is 16.2. The highest BCUT2D eigenvalue weighted by Gasteiger charge is 2.61. The molecule has 0 aliphatic heterocycles. The minimum Gasteiger partial charge on any atom is -0.496 e. The molecule has 1 unspecified atom stereocenters. The number of benzene rings is 2. The molecule has 8 rings (SSSR count). The molecular formula is C46H52F4N4O4. The first-order valence-corrected chi connectivity index (χ1v) is 19.4. The number of ether oxygens (including phenoxy) is 2. The molecule has 2 aromatic carbocycles. The van der Waals surface area contributed by atoms with Crippen molar-refractivity contribution in [1.82, 2.24) is 19.9 Å². The highest BCUT2D eigenvalue weighted by molar-refractivity contribution is 5.91. The molecule has 12 heteroatoms. The first kappa shape index (κ1) is 42.4. The summed E-state index contributed by atoms with van der Waals surface area (Å²) in [5, 5.41) is 13.8. The van der Waals surface area contributed by atoms with Crippen LogP contribution in [0.2, 0.25) is 0 Å². The number of H-pyrrole nitrogens is 2. The van der Waals surface area contributed by atoms with Gasteiger partial charge in [-0.1, -0.05) is 27.7 Å². The number of methoxy groups -OCH3 is 2. The fourth-order valence-electron chi connectivity index (χ4n) is 7.80. The van der Waals surface area contributed by atoms with Gasteiger partial charge in [0.05, 0.1) is 37.6 Å². The number of ketones is 1. The lowest BCUT2D eigenvalue weighted by Gasteiger charge is -2.39. The minimum atomic E-state index is -1.65. The standard InChI is InChI=1S/C23H26F2N2O2.C15H18F2O2.C8H8N2/c1-21(2,18-11-16(24)4-5-20(18)29-3)14-23(28,22(25)7-8-22)12-17-10-15-6-9-26-13-19(15)27-17;1-14(2,9-13(18)15(17)6-7-15)11-8-10(16)4-5-12(11)19-3;1-6-4-7-2-3-9-5-8(7)10-6/h4-6,9-11,13,27-28H,7-8,12,14H2,1-3H3;4-5,8H,6-7,9H2,1-3H3;2-5,10H,1H3. The van der Waals surface area contributed by atoms with Gasteiger partial charge in [-0.25, -0.2) is 17.6 Å². The van der Waals surface area contributed by atoms with Crippen LogP contribution in [0.5, 0.6) is 11.5 Å². The van der Waals surface area contributed by atoms with Gasteiger partial charge in [0.25, 0.3) is 0 Å². The monoisotopic (exact) mass is 800 g/mol. The van der Waals surface area contributed by atoms with Crippen LogP contribution in [0.1, 0.15) is 88.7 Å². The Morgan fingerprint density at radius 1 is 0.759 bits per heavy atom. The normalized spacial score (nSPS) is 16.3. The van der Waals surface area contributed by atoms with Crippen LogP contribution < -0.4 is 9.47 Å². The Balaban J connectivity index is 0.000000166. The van der Waals surface area contributed by atoms with Crippen molar-refractivity contribution in [2.45, 2.75) is 107 Å². The van der Waals surface area contributed by atoms with Gasteiger partial charge in [-0.15, -0.1) is 0 Å². The van der Waals surface area contributed by atoms with E-state index in [0.717, 1.165) is 22.1 Å². The fraction of sp³-hybridized carbons (Fsp3) is 0.413. The number of hydrogen-bond acceptors (Lipinski definition) is 6. The van der Waals surface area contributed by atoms with Crippen LogP contribution in [0.15, 0.2) is 85.5 Å². The average Bonchev–Trinajstić information content (AvgIpc) is 4.03. The Kier molecular flexibility index (Phi) is 11.8. The van der Waals surface area contributed by atoms with Gasteiger partial charge < -0.3 is 24.5 Å². The summed E-state index contributed by atoms with van der Waals surface area (Å²) >= 11 is 0. The zero-order valence-corrected chi connectivity index (χ0v) is 34.1. The number of carbonyl (C=O) groups excluding carboxylic acids is 1. The van der Waals surface area contributed by atoms with Crippen molar-refractivity contribution < 1.29 is 36.9 Å². The Hall–Kier alpha value is -5.23. The van der Waals surface area contributed by atoms with Crippen molar-refractivity contribution in [1.29, 1.82) is 0 Å². The molecular weight excluding hydrogens is 749 g/mol. The Bertz CT molecular complexity index is 2330. The number of halogens is 4. The van der Waals surface area contributed by atoms with Crippen molar-refractivity contribution in [2.24, 2.45) is 0 Å². The van der Waals surface area contributed by atoms with Crippen molar-refractivity contribution >= 4 is 27.6 Å². The molecule has 6 aromatic rings. The quantitative estimate of drug-likeness (QED) is 0.106. The first-order chi connectivity index (χ1) is 27.3. The Morgan fingerprint density at radius 3 is 1.76 bits per heavy atom. The molecule has 2 fully saturated rings. The number of aliphatic hydroxyl groups is 1. The predicted molar refractivity (Wildman–Crippen MR) is 218 cm³/mol. The second-order valence-corrected chi connectivity index (χ2v) is 17.0. The van der Waals surface area contributed by atoms with E-state index in [2.05, 4.69) is 26.0 Å². The molecule has 2 aliphatic carbocycles. The number of nitrogens with one attached hydrogen (secondary N) is 2. The molecule has 1 atom stereocenters. The lowest BCUT2D eigenvalue weighted by Crippen LogP contribution is -2.48. The predicted octanol–water partition coefficient (Wildman–Crippen LogP) is 10.3. The van der Waals surface area contributed by atoms with E-state index in [1.54, 1.807) is 38.5 Å². The summed E-state index contributed by atoms with van der Waals surface area (Å²) in [7, 11) is 3.02. The van der Waals surface area contributed by atoms with Gasteiger partial charge in [0.2, 0.25) is 0 Å². The van der Waals surface area contributed by atoms with Crippen LogP contribution in [0.3, 0.4) is 0 Å². The Labute approximate surface area is 336 Å². The molecule has 0 spiro atoms. The molecule has 8 nitrogen and oxygen atoms in total. The van der Waals surface area contributed by atoms with Gasteiger partial charge in [-0.2, -0.15) is 0 Å². The van der Waals surface area contributed by atoms with Crippen molar-refractivity contribution in [3.63, 3.8) is 0 Å². The van der Waals surface area contributed by atoms with Crippen molar-refractivity contribution in [3.05, 3.63) is 120 Å². The summed E-state index contributed by atoms with van der Waals surface area (Å²) in [4.78, 5) is 26.4. The van der Waals surface area contributed by atoms with Gasteiger partial charge in [0.15, 0.2) is 11.5 Å². The smallest absolute Gasteiger partial charge is 0.170 e. The lowest BCUT2D eigenvalue weighted by atomic mass is 9.71. The number of aromatic amines is 2. The third kappa shape index (κ3) is 9.38. The summed E-state index contributed by atoms with van der Waals surface area (Å²) in [6, 6.07) is 16.4. The fourth-order valence-corrected chi connectivity index (χ4v) is 7.80. The molecule has 2 aliphatic rings. The molecule has 308 valence electrons. The number of carbonyl (C=O) groups is 1. The van der Waals surface area contributed by atoms with E-state index in [9.17, 15) is 23.1 Å². The van der Waals surface area contributed by atoms with Gasteiger partial charge in [-0.05, 0) is 105 Å². The van der Waals surface area contributed by atoms with Crippen LogP contribution in [-0.4, -0.2) is 62.0 Å². The number of aryl methyl sites for hydroxylation is 1. The van der Waals surface area contributed by atoms with Crippen molar-refractivity contribution in [2.75, 3.05) is 14.2 Å². The number of rotatable bonds is 12. The molecule has 3 N–H and O–H groups in total. The van der Waals surface area contributed by atoms with Gasteiger partial charge in [0, 0.05) is 63.9 Å². The van der Waals surface area contributed by atoms with Crippen LogP contribution in [0, 0.1) is 18.6 Å². The van der Waals surface area contributed by atoms with E-state index in [1.807, 2.05) is 45.2 Å². The molecule has 0 amide bonds. The number of Topliss-reactive ketones (excluding diaryl/α,β-unsaturated/α-hetero) is 1. The summed E-state index contributed by atoms with van der Waals surface area (Å²) in [5.74, 6) is -0.134. The Morgan fingerprint density at radius 2 is 1.28 bits per heavy atom. The van der Waals surface area contributed by atoms with E-state index < -0.39 is 39.4 Å². The SMILES string of the molecule is COc1ccc(F)cc1C(C)(C)CC(=O)C1(F)CC1.COc1ccc(F)cc1C(C)(C)CC(O)(Cc1cc2ccncc2[nH]1)C1(F)CC1.Cc1cc2ccncc2[nH]1. The maximum atomic E-state index is 15.4. The van der Waals surface area contributed by atoms with Crippen LogP contribution in [0.4, 0.5) is 17.6 Å². The summed E-state index contributed by atoms with van der Waals surface area (Å²) in [6.07, 6.45) is 8.61. The van der Waals surface area contributed by atoms with Crippen LogP contribution in [-0.2, 0) is 22.0 Å². The van der Waals surface area contributed by atoms with E-state index in [-0.39, 0.29) is 25.1 Å². The molecule has 4 heterocycles. The molecule has 0 saturated heterocycles. The van der Waals surface area contributed by atoms with E-state index in [1.165, 1.54) is 55.6 Å². The largest absolute Gasteiger partial charge is 0.496 e. The maximum absolute atomic E-state index is 15.4. The summed E-state index contributed by atoms with van der Waals surface area (Å²) < 4.78 is 67.1. The van der Waals surface area contributed by atoms with Crippen LogP contribution in [0.25, 0.3) is 21.8 Å². The van der Waals surface area contributed by atoms with E-state index in [0.29, 0.717) is 48.3 Å². The van der Waals surface area contributed by atoms with Crippen molar-refractivity contribution in [3.8, 4) is 11.5 Å². The third-order valence-electron chi connectivity index (χ3n) is 11.4. The topological polar surface area (TPSA) is 113 Å². The number of nitrogens with zero attached hydrogens (tertiary/aromatic N) is 2. The number of fused-ring (bicyclic) bond motifs is 2. The number of hydrogen-bond donors (Lipinski definition) is 3. The zero-order chi connectivity index (χ0) is 42.1. The van der Waals surface area contributed by atoms with Gasteiger partial charge in [-0.3, -0.25) is 14.8 Å². The molecule has 0 radical (unpaired) electrons. The van der Waals surface area contributed by atoms with Crippen LogP contribution >= 0.6 is 0 Å². The molecule has 4 aromatic heterocycles. The lowest BCUT2D eigenvalue weighted by molar-refractivity contribution is -0.126. The van der Waals surface area contributed by atoms with E-state index >= 15 is 4.39 Å². The zero-order valence-electron chi connectivity index (χ0n) is 34.1. The summed E-state index contributed by atoms with van der Waals surface area (Å²) in [6.45, 7) is 9.41. The van der Waals surface area contributed by atoms with Gasteiger partial charge in [0.1, 0.15) is 34.4 Å². The average molecular weight is 801 g/mol. The number of alkyl halides is 2. The molecule has 58 heavy (non-hydrogen) atoms. The second-order valence-electron chi connectivity index (χ2n) is 17.0.